The fourth-order valence-electron chi connectivity index (χ4n) is 3.29. The van der Waals surface area contributed by atoms with E-state index in [1.54, 1.807) is 12.4 Å². The molecule has 1 aromatic carbocycles. The van der Waals surface area contributed by atoms with Gasteiger partial charge in [-0.2, -0.15) is 0 Å². The number of amides is 1. The quantitative estimate of drug-likeness (QED) is 0.722. The highest BCUT2D eigenvalue weighted by atomic mass is 79.9. The molecule has 4 rings (SSSR count). The highest BCUT2D eigenvalue weighted by molar-refractivity contribution is 9.10. The molecule has 4 nitrogen and oxygen atoms in total. The molecular formula is C20H18BrN3O. The van der Waals surface area contributed by atoms with Crippen molar-refractivity contribution in [3.8, 4) is 0 Å². The number of benzene rings is 1. The van der Waals surface area contributed by atoms with E-state index in [0.717, 1.165) is 28.5 Å². The first kappa shape index (κ1) is 16.1. The minimum absolute atomic E-state index is 0.170. The lowest BCUT2D eigenvalue weighted by atomic mass is 9.98. The van der Waals surface area contributed by atoms with Crippen LogP contribution in [0.25, 0.3) is 16.5 Å². The van der Waals surface area contributed by atoms with Gasteiger partial charge in [-0.3, -0.25) is 9.78 Å². The molecule has 3 aromatic rings. The average molecular weight is 396 g/mol. The fourth-order valence-corrected chi connectivity index (χ4v) is 3.65. The molecule has 1 N–H and O–H groups in total. The van der Waals surface area contributed by atoms with Gasteiger partial charge in [0.1, 0.15) is 0 Å². The van der Waals surface area contributed by atoms with Crippen molar-refractivity contribution < 1.29 is 4.79 Å². The van der Waals surface area contributed by atoms with Crippen LogP contribution in [-0.4, -0.2) is 33.9 Å². The van der Waals surface area contributed by atoms with Crippen LogP contribution in [0.4, 0.5) is 0 Å². The average Bonchev–Trinajstić information content (AvgIpc) is 3.05. The molecule has 0 bridgehead atoms. The molecule has 0 atom stereocenters. The van der Waals surface area contributed by atoms with Crippen molar-refractivity contribution in [2.24, 2.45) is 0 Å². The van der Waals surface area contributed by atoms with E-state index in [1.165, 1.54) is 16.5 Å². The fraction of sp³-hybridized carbons (Fsp3) is 0.200. The summed E-state index contributed by atoms with van der Waals surface area (Å²) in [7, 11) is 0. The largest absolute Gasteiger partial charge is 0.361 e. The summed E-state index contributed by atoms with van der Waals surface area (Å²) in [6.45, 7) is 1.43. The van der Waals surface area contributed by atoms with Crippen LogP contribution < -0.4 is 0 Å². The summed E-state index contributed by atoms with van der Waals surface area (Å²) in [6.07, 6.45) is 9.01. The molecule has 1 amide bonds. The number of H-pyrrole nitrogens is 1. The molecule has 5 heteroatoms. The van der Waals surface area contributed by atoms with E-state index in [-0.39, 0.29) is 5.91 Å². The molecular weight excluding hydrogens is 378 g/mol. The first-order valence-electron chi connectivity index (χ1n) is 8.33. The van der Waals surface area contributed by atoms with Crippen molar-refractivity contribution in [2.75, 3.05) is 13.1 Å². The number of nitrogens with one attached hydrogen (secondary N) is 1. The number of nitrogens with zero attached hydrogens (tertiary/aromatic N) is 2. The highest BCUT2D eigenvalue weighted by Crippen LogP contribution is 2.31. The van der Waals surface area contributed by atoms with Crippen LogP contribution in [-0.2, 0) is 11.2 Å². The van der Waals surface area contributed by atoms with Gasteiger partial charge >= 0.3 is 0 Å². The lowest BCUT2D eigenvalue weighted by Crippen LogP contribution is -2.35. The normalized spacial score (nSPS) is 14.6. The van der Waals surface area contributed by atoms with Crippen molar-refractivity contribution in [1.82, 2.24) is 14.9 Å². The Kier molecular flexibility index (Phi) is 4.40. The number of halogens is 1. The number of aromatic amines is 1. The van der Waals surface area contributed by atoms with E-state index in [1.807, 2.05) is 23.1 Å². The Bertz CT molecular complexity index is 946. The van der Waals surface area contributed by atoms with Crippen LogP contribution in [0.5, 0.6) is 0 Å². The van der Waals surface area contributed by atoms with Gasteiger partial charge in [-0.05, 0) is 47.9 Å². The highest BCUT2D eigenvalue weighted by Gasteiger charge is 2.19. The first-order chi connectivity index (χ1) is 12.2. The van der Waals surface area contributed by atoms with Crippen molar-refractivity contribution in [3.05, 3.63) is 70.6 Å². The summed E-state index contributed by atoms with van der Waals surface area (Å²) in [4.78, 5) is 21.7. The molecule has 0 saturated heterocycles. The zero-order valence-electron chi connectivity index (χ0n) is 13.7. The summed E-state index contributed by atoms with van der Waals surface area (Å²) in [5.74, 6) is 0.170. The second-order valence-corrected chi connectivity index (χ2v) is 7.16. The second-order valence-electron chi connectivity index (χ2n) is 6.24. The number of carbonyl (C=O) groups excluding carboxylic acids is 1. The summed E-state index contributed by atoms with van der Waals surface area (Å²) in [5.41, 5.74) is 4.68. The van der Waals surface area contributed by atoms with Gasteiger partial charge in [-0.15, -0.1) is 0 Å². The number of hydrogen-bond donors (Lipinski definition) is 1. The number of aromatic nitrogens is 2. The smallest absolute Gasteiger partial charge is 0.227 e. The molecule has 0 aliphatic carbocycles. The van der Waals surface area contributed by atoms with Crippen molar-refractivity contribution in [2.45, 2.75) is 12.8 Å². The second kappa shape index (κ2) is 6.84. The lowest BCUT2D eigenvalue weighted by molar-refractivity contribution is -0.130. The van der Waals surface area contributed by atoms with Gasteiger partial charge in [0.15, 0.2) is 0 Å². The van der Waals surface area contributed by atoms with E-state index in [9.17, 15) is 4.79 Å². The van der Waals surface area contributed by atoms with Gasteiger partial charge in [-0.1, -0.05) is 22.0 Å². The van der Waals surface area contributed by atoms with Crippen molar-refractivity contribution >= 4 is 38.3 Å². The summed E-state index contributed by atoms with van der Waals surface area (Å²) < 4.78 is 1.08. The van der Waals surface area contributed by atoms with Gasteiger partial charge in [0, 0.05) is 52.6 Å². The van der Waals surface area contributed by atoms with E-state index in [4.69, 9.17) is 0 Å². The van der Waals surface area contributed by atoms with Crippen molar-refractivity contribution in [3.63, 3.8) is 0 Å². The third-order valence-electron chi connectivity index (χ3n) is 4.66. The molecule has 2 aromatic heterocycles. The Morgan fingerprint density at radius 1 is 1.24 bits per heavy atom. The summed E-state index contributed by atoms with van der Waals surface area (Å²) in [6, 6.07) is 10.1. The van der Waals surface area contributed by atoms with E-state index in [0.29, 0.717) is 13.0 Å². The van der Waals surface area contributed by atoms with Crippen LogP contribution in [0, 0.1) is 0 Å². The molecule has 0 spiro atoms. The maximum atomic E-state index is 12.5. The van der Waals surface area contributed by atoms with E-state index >= 15 is 0 Å². The maximum absolute atomic E-state index is 12.5. The Morgan fingerprint density at radius 3 is 2.84 bits per heavy atom. The summed E-state index contributed by atoms with van der Waals surface area (Å²) in [5, 5.41) is 1.22. The molecule has 126 valence electrons. The van der Waals surface area contributed by atoms with Crippen molar-refractivity contribution in [1.29, 1.82) is 0 Å². The van der Waals surface area contributed by atoms with Crippen LogP contribution in [0.2, 0.25) is 0 Å². The predicted molar refractivity (Wildman–Crippen MR) is 103 cm³/mol. The standard InChI is InChI=1S/C20H18BrN3O/c21-16-1-2-19-17(12-16)18(13-23-19)15-5-9-24(10-6-15)20(25)11-14-3-7-22-8-4-14/h1-5,7-8,12-13,23H,6,9-11H2. The first-order valence-corrected chi connectivity index (χ1v) is 9.13. The van der Waals surface area contributed by atoms with Crippen LogP contribution in [0.1, 0.15) is 17.5 Å². The molecule has 0 radical (unpaired) electrons. The molecule has 0 unspecified atom stereocenters. The third-order valence-corrected chi connectivity index (χ3v) is 5.15. The number of rotatable bonds is 3. The summed E-state index contributed by atoms with van der Waals surface area (Å²) >= 11 is 3.54. The number of fused-ring (bicyclic) bond motifs is 1. The minimum atomic E-state index is 0.170. The Hall–Kier alpha value is -2.40. The monoisotopic (exact) mass is 395 g/mol. The Balaban J connectivity index is 1.50. The molecule has 0 fully saturated rings. The zero-order valence-corrected chi connectivity index (χ0v) is 15.3. The van der Waals surface area contributed by atoms with Gasteiger partial charge in [-0.25, -0.2) is 0 Å². The predicted octanol–water partition coefficient (Wildman–Crippen LogP) is 4.18. The van der Waals surface area contributed by atoms with Gasteiger partial charge < -0.3 is 9.88 Å². The Morgan fingerprint density at radius 2 is 2.08 bits per heavy atom. The number of pyridine rings is 1. The van der Waals surface area contributed by atoms with Gasteiger partial charge in [0.2, 0.25) is 5.91 Å². The van der Waals surface area contributed by atoms with Crippen LogP contribution in [0.15, 0.2) is 59.5 Å². The van der Waals surface area contributed by atoms with Crippen LogP contribution >= 0.6 is 15.9 Å². The number of hydrogen-bond acceptors (Lipinski definition) is 2. The lowest BCUT2D eigenvalue weighted by Gasteiger charge is -2.26. The minimum Gasteiger partial charge on any atom is -0.361 e. The maximum Gasteiger partial charge on any atom is 0.227 e. The topological polar surface area (TPSA) is 49.0 Å². The van der Waals surface area contributed by atoms with E-state index < -0.39 is 0 Å². The molecule has 3 heterocycles. The number of carbonyl (C=O) groups is 1. The molecule has 1 aliphatic heterocycles. The van der Waals surface area contributed by atoms with Crippen LogP contribution in [0.3, 0.4) is 0 Å². The molecule has 1 aliphatic rings. The molecule has 0 saturated carbocycles. The van der Waals surface area contributed by atoms with Gasteiger partial charge in [0.05, 0.1) is 6.42 Å². The zero-order chi connectivity index (χ0) is 17.2. The van der Waals surface area contributed by atoms with E-state index in [2.05, 4.69) is 50.3 Å². The Labute approximate surface area is 154 Å². The van der Waals surface area contributed by atoms with Gasteiger partial charge in [0.25, 0.3) is 0 Å². The SMILES string of the molecule is O=C(Cc1ccncc1)N1CC=C(c2c[nH]c3ccc(Br)cc23)CC1. The molecule has 25 heavy (non-hydrogen) atoms. The third kappa shape index (κ3) is 3.37.